The third-order valence-corrected chi connectivity index (χ3v) is 2.99. The van der Waals surface area contributed by atoms with Crippen molar-refractivity contribution < 1.29 is 8.95 Å². The van der Waals surface area contributed by atoms with Gasteiger partial charge in [-0.05, 0) is 12.1 Å². The molecule has 1 aliphatic rings. The lowest BCUT2D eigenvalue weighted by molar-refractivity contribution is 0.327. The van der Waals surface area contributed by atoms with E-state index in [2.05, 4.69) is 0 Å². The van der Waals surface area contributed by atoms with Gasteiger partial charge < -0.3 is 4.74 Å². The quantitative estimate of drug-likeness (QED) is 0.581. The molecule has 11 heavy (non-hydrogen) atoms. The van der Waals surface area contributed by atoms with Gasteiger partial charge in [0.25, 0.3) is 0 Å². The highest BCUT2D eigenvalue weighted by Gasteiger charge is 2.15. The minimum absolute atomic E-state index is 0.573. The fourth-order valence-electron chi connectivity index (χ4n) is 1.09. The van der Waals surface area contributed by atoms with Crippen LogP contribution >= 0.6 is 0 Å². The van der Waals surface area contributed by atoms with Gasteiger partial charge in [0.1, 0.15) is 12.4 Å². The third-order valence-electron chi connectivity index (χ3n) is 1.62. The first kappa shape index (κ1) is 6.85. The van der Waals surface area contributed by atoms with Gasteiger partial charge in [-0.2, -0.15) is 0 Å². The predicted octanol–water partition coefficient (Wildman–Crippen LogP) is 1.19. The summed E-state index contributed by atoms with van der Waals surface area (Å²) in [6.07, 6.45) is 0. The zero-order chi connectivity index (χ0) is 7.68. The Balaban J connectivity index is 2.52. The van der Waals surface area contributed by atoms with E-state index in [1.54, 1.807) is 0 Å². The summed E-state index contributed by atoms with van der Waals surface area (Å²) in [5.41, 5.74) is 0. The molecule has 1 atom stereocenters. The first-order chi connectivity index (χ1) is 5.38. The second kappa shape index (κ2) is 2.66. The molecule has 0 fully saturated rings. The molecule has 1 heterocycles. The van der Waals surface area contributed by atoms with E-state index in [-0.39, 0.29) is 0 Å². The SMILES string of the molecule is O=S1CCOc2ccccc21. The molecular formula is C8H8O2S. The normalized spacial score (nSPS) is 22.0. The molecule has 1 unspecified atom stereocenters. The van der Waals surface area contributed by atoms with Gasteiger partial charge in [-0.25, -0.2) is 0 Å². The van der Waals surface area contributed by atoms with Gasteiger partial charge in [-0.3, -0.25) is 4.21 Å². The third kappa shape index (κ3) is 1.16. The van der Waals surface area contributed by atoms with Crippen LogP contribution in [0.25, 0.3) is 0 Å². The summed E-state index contributed by atoms with van der Waals surface area (Å²) < 4.78 is 16.6. The zero-order valence-electron chi connectivity index (χ0n) is 5.95. The van der Waals surface area contributed by atoms with Crippen LogP contribution in [-0.2, 0) is 10.8 Å². The van der Waals surface area contributed by atoms with Gasteiger partial charge in [-0.15, -0.1) is 0 Å². The molecule has 2 nitrogen and oxygen atoms in total. The van der Waals surface area contributed by atoms with E-state index in [0.29, 0.717) is 12.4 Å². The van der Waals surface area contributed by atoms with Crippen molar-refractivity contribution in [3.63, 3.8) is 0 Å². The molecule has 3 heteroatoms. The molecule has 58 valence electrons. The number of hydrogen-bond acceptors (Lipinski definition) is 2. The summed E-state index contributed by atoms with van der Waals surface area (Å²) in [4.78, 5) is 0.832. The molecule has 0 aromatic heterocycles. The smallest absolute Gasteiger partial charge is 0.135 e. The highest BCUT2D eigenvalue weighted by atomic mass is 32.2. The molecule has 1 aromatic rings. The Labute approximate surface area is 67.6 Å². The van der Waals surface area contributed by atoms with Crippen molar-refractivity contribution in [1.82, 2.24) is 0 Å². The van der Waals surface area contributed by atoms with Crippen molar-refractivity contribution in [3.8, 4) is 5.75 Å². The van der Waals surface area contributed by atoms with Crippen molar-refractivity contribution in [2.75, 3.05) is 12.4 Å². The fourth-order valence-corrected chi connectivity index (χ4v) is 2.13. The first-order valence-corrected chi connectivity index (χ1v) is 4.80. The molecule has 0 saturated heterocycles. The Morgan fingerprint density at radius 2 is 2.18 bits per heavy atom. The summed E-state index contributed by atoms with van der Waals surface area (Å²) in [6.45, 7) is 0.573. The van der Waals surface area contributed by atoms with Crippen LogP contribution in [0.2, 0.25) is 0 Å². The fraction of sp³-hybridized carbons (Fsp3) is 0.250. The molecule has 1 aliphatic heterocycles. The van der Waals surface area contributed by atoms with Crippen LogP contribution in [0.15, 0.2) is 29.2 Å². The second-order valence-electron chi connectivity index (χ2n) is 2.34. The van der Waals surface area contributed by atoms with Crippen molar-refractivity contribution in [1.29, 1.82) is 0 Å². The zero-order valence-corrected chi connectivity index (χ0v) is 6.76. The van der Waals surface area contributed by atoms with Crippen molar-refractivity contribution >= 4 is 10.8 Å². The predicted molar refractivity (Wildman–Crippen MR) is 43.2 cm³/mol. The van der Waals surface area contributed by atoms with Crippen molar-refractivity contribution in [2.24, 2.45) is 0 Å². The first-order valence-electron chi connectivity index (χ1n) is 3.48. The molecule has 2 rings (SSSR count). The van der Waals surface area contributed by atoms with Crippen LogP contribution in [0.1, 0.15) is 0 Å². The summed E-state index contributed by atoms with van der Waals surface area (Å²) in [5.74, 6) is 1.40. The number of hydrogen-bond donors (Lipinski definition) is 0. The summed E-state index contributed by atoms with van der Waals surface area (Å²) in [7, 11) is -0.840. The minimum Gasteiger partial charge on any atom is -0.491 e. The molecule has 0 amide bonds. The standard InChI is InChI=1S/C8H8O2S/c9-11-6-5-10-7-3-1-2-4-8(7)11/h1-4H,5-6H2. The van der Waals surface area contributed by atoms with Crippen LogP contribution in [0.3, 0.4) is 0 Å². The van der Waals surface area contributed by atoms with Gasteiger partial charge >= 0.3 is 0 Å². The lowest BCUT2D eigenvalue weighted by Gasteiger charge is -2.15. The maximum absolute atomic E-state index is 11.3. The molecule has 0 bridgehead atoms. The molecule has 0 saturated carbocycles. The maximum atomic E-state index is 11.3. The number of ether oxygens (including phenoxy) is 1. The van der Waals surface area contributed by atoms with Crippen LogP contribution < -0.4 is 4.74 Å². The van der Waals surface area contributed by atoms with E-state index in [0.717, 1.165) is 10.6 Å². The average molecular weight is 168 g/mol. The van der Waals surface area contributed by atoms with Crippen LogP contribution in [0.4, 0.5) is 0 Å². The van der Waals surface area contributed by atoms with Gasteiger partial charge in [0, 0.05) is 0 Å². The van der Waals surface area contributed by atoms with Gasteiger partial charge in [-0.1, -0.05) is 12.1 Å². The highest BCUT2D eigenvalue weighted by molar-refractivity contribution is 7.85. The van der Waals surface area contributed by atoms with Crippen LogP contribution in [0, 0.1) is 0 Å². The lowest BCUT2D eigenvalue weighted by Crippen LogP contribution is -2.15. The van der Waals surface area contributed by atoms with Crippen molar-refractivity contribution in [2.45, 2.75) is 4.90 Å². The number of rotatable bonds is 0. The second-order valence-corrected chi connectivity index (χ2v) is 3.88. The molecule has 0 spiro atoms. The molecular weight excluding hydrogens is 160 g/mol. The number of benzene rings is 1. The van der Waals surface area contributed by atoms with Gasteiger partial charge in [0.05, 0.1) is 21.4 Å². The van der Waals surface area contributed by atoms with E-state index < -0.39 is 10.8 Å². The van der Waals surface area contributed by atoms with E-state index in [4.69, 9.17) is 4.74 Å². The van der Waals surface area contributed by atoms with E-state index in [1.807, 2.05) is 24.3 Å². The Hall–Kier alpha value is -0.830. The molecule has 1 aromatic carbocycles. The topological polar surface area (TPSA) is 26.3 Å². The molecule has 0 aliphatic carbocycles. The van der Waals surface area contributed by atoms with E-state index in [1.165, 1.54) is 0 Å². The Morgan fingerprint density at radius 1 is 1.36 bits per heavy atom. The van der Waals surface area contributed by atoms with Crippen LogP contribution in [0.5, 0.6) is 5.75 Å². The largest absolute Gasteiger partial charge is 0.491 e. The Morgan fingerprint density at radius 3 is 3.00 bits per heavy atom. The Kier molecular flexibility index (Phi) is 1.66. The van der Waals surface area contributed by atoms with Crippen LogP contribution in [-0.4, -0.2) is 16.6 Å². The van der Waals surface area contributed by atoms with Crippen molar-refractivity contribution in [3.05, 3.63) is 24.3 Å². The highest BCUT2D eigenvalue weighted by Crippen LogP contribution is 2.24. The number of fused-ring (bicyclic) bond motifs is 1. The minimum atomic E-state index is -0.840. The summed E-state index contributed by atoms with van der Waals surface area (Å²) in [5, 5.41) is 0. The molecule has 0 N–H and O–H groups in total. The van der Waals surface area contributed by atoms with Gasteiger partial charge in [0.2, 0.25) is 0 Å². The maximum Gasteiger partial charge on any atom is 0.135 e. The van der Waals surface area contributed by atoms with E-state index in [9.17, 15) is 4.21 Å². The summed E-state index contributed by atoms with van der Waals surface area (Å²) >= 11 is 0. The van der Waals surface area contributed by atoms with Gasteiger partial charge in [0.15, 0.2) is 0 Å². The van der Waals surface area contributed by atoms with E-state index >= 15 is 0 Å². The summed E-state index contributed by atoms with van der Waals surface area (Å²) in [6, 6.07) is 7.48. The Bertz CT molecular complexity index is 296. The average Bonchev–Trinajstić information content (AvgIpc) is 2.06. The monoisotopic (exact) mass is 168 g/mol. The molecule has 0 radical (unpaired) electrons. The lowest BCUT2D eigenvalue weighted by atomic mass is 10.3. The number of para-hydroxylation sites is 1.